The standard InChI is InChI=1S/C16H24ClN5O3/c1-4-20(5-2)10-11-21-12-15(25-16(23)24-3)22(19-21)18-14-8-6-13(17)7-9-14/h6-9,12,18-19H,4-5,10-11H2,1-3H3. The molecule has 0 saturated carbocycles. The molecule has 0 fully saturated rings. The van der Waals surface area contributed by atoms with Crippen LogP contribution in [0.3, 0.4) is 0 Å². The molecule has 0 aromatic heterocycles. The molecule has 0 aliphatic carbocycles. The van der Waals surface area contributed by atoms with E-state index in [4.69, 9.17) is 16.3 Å². The van der Waals surface area contributed by atoms with E-state index in [1.54, 1.807) is 18.3 Å². The second kappa shape index (κ2) is 9.36. The Bertz CT molecular complexity index is 592. The average molecular weight is 370 g/mol. The molecule has 25 heavy (non-hydrogen) atoms. The number of nitrogens with zero attached hydrogens (tertiary/aromatic N) is 3. The number of ether oxygens (including phenoxy) is 2. The molecule has 1 heterocycles. The number of nitrogens with one attached hydrogen (secondary N) is 2. The van der Waals surface area contributed by atoms with Gasteiger partial charge in [0.05, 0.1) is 19.0 Å². The molecule has 0 amide bonds. The quantitative estimate of drug-likeness (QED) is 0.678. The number of rotatable bonds is 8. The second-order valence-corrected chi connectivity index (χ2v) is 5.73. The van der Waals surface area contributed by atoms with Gasteiger partial charge in [0.2, 0.25) is 0 Å². The van der Waals surface area contributed by atoms with E-state index in [9.17, 15) is 4.79 Å². The molecule has 0 spiro atoms. The number of hydrogen-bond acceptors (Lipinski definition) is 8. The van der Waals surface area contributed by atoms with Gasteiger partial charge in [-0.05, 0) is 37.4 Å². The van der Waals surface area contributed by atoms with E-state index >= 15 is 0 Å². The largest absolute Gasteiger partial charge is 0.515 e. The molecule has 0 bridgehead atoms. The van der Waals surface area contributed by atoms with Crippen LogP contribution >= 0.6 is 11.6 Å². The number of likely N-dealkylation sites (N-methyl/N-ethyl adjacent to an activating group) is 1. The lowest BCUT2D eigenvalue weighted by molar-refractivity contribution is 0.0564. The lowest BCUT2D eigenvalue weighted by Gasteiger charge is -2.26. The maximum atomic E-state index is 11.5. The molecule has 2 rings (SSSR count). The summed E-state index contributed by atoms with van der Waals surface area (Å²) < 4.78 is 9.74. The van der Waals surface area contributed by atoms with Crippen molar-refractivity contribution < 1.29 is 14.3 Å². The number of halogens is 1. The van der Waals surface area contributed by atoms with Crippen LogP contribution in [-0.4, -0.2) is 54.5 Å². The SMILES string of the molecule is CCN(CC)CCN1C=C(OC(=O)OC)N(Nc2ccc(Cl)cc2)N1. The number of carbonyl (C=O) groups is 1. The summed E-state index contributed by atoms with van der Waals surface area (Å²) >= 11 is 5.90. The Morgan fingerprint density at radius 3 is 2.56 bits per heavy atom. The van der Waals surface area contributed by atoms with Crippen molar-refractivity contribution in [1.29, 1.82) is 0 Å². The maximum absolute atomic E-state index is 11.5. The Balaban J connectivity index is 2.02. The molecule has 2 N–H and O–H groups in total. The Morgan fingerprint density at radius 2 is 1.96 bits per heavy atom. The summed E-state index contributed by atoms with van der Waals surface area (Å²) in [6.45, 7) is 7.79. The highest BCUT2D eigenvalue weighted by Gasteiger charge is 2.25. The van der Waals surface area contributed by atoms with E-state index in [-0.39, 0.29) is 5.88 Å². The maximum Gasteiger partial charge on any atom is 0.515 e. The van der Waals surface area contributed by atoms with Crippen molar-refractivity contribution in [1.82, 2.24) is 20.6 Å². The van der Waals surface area contributed by atoms with Gasteiger partial charge in [0.1, 0.15) is 0 Å². The smallest absolute Gasteiger partial charge is 0.437 e. The molecule has 9 heteroatoms. The van der Waals surface area contributed by atoms with Crippen molar-refractivity contribution in [3.63, 3.8) is 0 Å². The summed E-state index contributed by atoms with van der Waals surface area (Å²) in [5.74, 6) is 0.279. The van der Waals surface area contributed by atoms with Gasteiger partial charge in [-0.2, -0.15) is 5.12 Å². The molecule has 0 unspecified atom stereocenters. The van der Waals surface area contributed by atoms with Crippen molar-refractivity contribution in [2.24, 2.45) is 0 Å². The molecule has 0 saturated heterocycles. The lowest BCUT2D eigenvalue weighted by Crippen LogP contribution is -2.46. The van der Waals surface area contributed by atoms with E-state index < -0.39 is 6.16 Å². The fourth-order valence-corrected chi connectivity index (χ4v) is 2.36. The van der Waals surface area contributed by atoms with E-state index in [0.29, 0.717) is 11.6 Å². The number of hydrogen-bond donors (Lipinski definition) is 2. The summed E-state index contributed by atoms with van der Waals surface area (Å²) in [6, 6.07) is 7.17. The monoisotopic (exact) mass is 369 g/mol. The Morgan fingerprint density at radius 1 is 1.28 bits per heavy atom. The summed E-state index contributed by atoms with van der Waals surface area (Å²) in [7, 11) is 1.26. The highest BCUT2D eigenvalue weighted by atomic mass is 35.5. The predicted octanol–water partition coefficient (Wildman–Crippen LogP) is 2.63. The molecule has 0 radical (unpaired) electrons. The molecule has 1 aliphatic heterocycles. The minimum absolute atomic E-state index is 0.279. The molecular formula is C16H24ClN5O3. The Kier molecular flexibility index (Phi) is 7.17. The minimum Gasteiger partial charge on any atom is -0.437 e. The van der Waals surface area contributed by atoms with Crippen LogP contribution in [0.25, 0.3) is 0 Å². The van der Waals surface area contributed by atoms with E-state index in [1.165, 1.54) is 12.2 Å². The Labute approximate surface area is 152 Å². The topological polar surface area (TPSA) is 69.3 Å². The summed E-state index contributed by atoms with van der Waals surface area (Å²) in [5.41, 5.74) is 6.99. The summed E-state index contributed by atoms with van der Waals surface area (Å²) in [6.07, 6.45) is 0.908. The number of methoxy groups -OCH3 is 1. The number of hydrazine groups is 3. The molecule has 1 aromatic carbocycles. The van der Waals surface area contributed by atoms with Gasteiger partial charge in [-0.15, -0.1) is 5.53 Å². The van der Waals surface area contributed by atoms with Gasteiger partial charge in [-0.1, -0.05) is 25.4 Å². The Hall–Kier alpha value is -2.16. The molecular weight excluding hydrogens is 346 g/mol. The minimum atomic E-state index is -0.790. The first-order valence-electron chi connectivity index (χ1n) is 8.11. The van der Waals surface area contributed by atoms with Crippen LogP contribution < -0.4 is 11.0 Å². The first kappa shape index (κ1) is 19.2. The third-order valence-electron chi connectivity index (χ3n) is 3.71. The highest BCUT2D eigenvalue weighted by molar-refractivity contribution is 6.30. The van der Waals surface area contributed by atoms with E-state index in [0.717, 1.165) is 25.3 Å². The number of carbonyl (C=O) groups excluding carboxylic acids is 1. The lowest BCUT2D eigenvalue weighted by atomic mass is 10.3. The van der Waals surface area contributed by atoms with Gasteiger partial charge in [0.15, 0.2) is 0 Å². The molecule has 8 nitrogen and oxygen atoms in total. The van der Waals surface area contributed by atoms with Crippen molar-refractivity contribution in [2.45, 2.75) is 13.8 Å². The van der Waals surface area contributed by atoms with Crippen molar-refractivity contribution >= 4 is 23.4 Å². The van der Waals surface area contributed by atoms with Crippen LogP contribution in [0, 0.1) is 0 Å². The zero-order valence-electron chi connectivity index (χ0n) is 14.7. The third-order valence-corrected chi connectivity index (χ3v) is 3.96. The van der Waals surface area contributed by atoms with Crippen LogP contribution in [0.2, 0.25) is 5.02 Å². The second-order valence-electron chi connectivity index (χ2n) is 5.30. The van der Waals surface area contributed by atoms with Crippen molar-refractivity contribution in [3.05, 3.63) is 41.4 Å². The van der Waals surface area contributed by atoms with Crippen LogP contribution in [-0.2, 0) is 9.47 Å². The first-order chi connectivity index (χ1) is 12.0. The van der Waals surface area contributed by atoms with Crippen LogP contribution in [0.4, 0.5) is 10.5 Å². The zero-order valence-corrected chi connectivity index (χ0v) is 15.4. The van der Waals surface area contributed by atoms with Gasteiger partial charge < -0.3 is 14.4 Å². The number of anilines is 1. The number of benzene rings is 1. The molecule has 1 aliphatic rings. The average Bonchev–Trinajstić information content (AvgIpc) is 2.99. The van der Waals surface area contributed by atoms with E-state index in [1.807, 2.05) is 17.1 Å². The summed E-state index contributed by atoms with van der Waals surface area (Å²) in [5, 5.41) is 3.98. The normalized spacial score (nSPS) is 13.9. The van der Waals surface area contributed by atoms with Gasteiger partial charge >= 0.3 is 6.16 Å². The van der Waals surface area contributed by atoms with Gasteiger partial charge in [-0.3, -0.25) is 10.4 Å². The van der Waals surface area contributed by atoms with Crippen molar-refractivity contribution in [2.75, 3.05) is 38.7 Å². The van der Waals surface area contributed by atoms with E-state index in [2.05, 4.69) is 34.4 Å². The zero-order chi connectivity index (χ0) is 18.2. The molecule has 138 valence electrons. The van der Waals surface area contributed by atoms with Gasteiger partial charge in [-0.25, -0.2) is 4.79 Å². The first-order valence-corrected chi connectivity index (χ1v) is 8.48. The van der Waals surface area contributed by atoms with Gasteiger partial charge in [0, 0.05) is 18.1 Å². The van der Waals surface area contributed by atoms with Crippen LogP contribution in [0.1, 0.15) is 13.8 Å². The fraction of sp³-hybridized carbons (Fsp3) is 0.438. The highest BCUT2D eigenvalue weighted by Crippen LogP contribution is 2.18. The summed E-state index contributed by atoms with van der Waals surface area (Å²) in [4.78, 5) is 13.8. The molecule has 0 atom stereocenters. The molecule has 1 aromatic rings. The van der Waals surface area contributed by atoms with Crippen LogP contribution in [0.5, 0.6) is 0 Å². The van der Waals surface area contributed by atoms with Gasteiger partial charge in [0.25, 0.3) is 5.88 Å². The van der Waals surface area contributed by atoms with Crippen LogP contribution in [0.15, 0.2) is 36.3 Å². The predicted molar refractivity (Wildman–Crippen MR) is 96.1 cm³/mol. The van der Waals surface area contributed by atoms with Crippen molar-refractivity contribution in [3.8, 4) is 0 Å². The fourth-order valence-electron chi connectivity index (χ4n) is 2.23. The third kappa shape index (κ3) is 5.70.